The maximum atomic E-state index is 13.5. The second-order valence-electron chi connectivity index (χ2n) is 28.5. The van der Waals surface area contributed by atoms with Crippen LogP contribution in [-0.4, -0.2) is 247 Å². The minimum atomic E-state index is -3.88. The van der Waals surface area contributed by atoms with Gasteiger partial charge in [0.05, 0.1) is 101 Å². The Balaban J connectivity index is 0.683. The molecule has 0 radical (unpaired) electrons. The SMILES string of the molecule is CN1Cc2c(Cl)cc(Cl)cc2C(c2cccc(S(=O)(=O)NCCOCCOCCNC(=O)CCC(CCC(=O)NCCOCCOCCNS(=O)(=O)c3cccc([C@@H]4CN(C)Cc5c(Cl)cc(Cl)cc54)c3)(CCC(=NCCOCCOCCNS(=O)(=O)c3cccc([C@@H]4CN(C)Cc5c(Cl)cc(Cl)cc54)c3)NO)N(C)C)c2)C1. The number of benzene rings is 6. The van der Waals surface area contributed by atoms with Gasteiger partial charge in [-0.15, -0.1) is 0 Å². The van der Waals surface area contributed by atoms with Crippen molar-refractivity contribution in [2.75, 3.05) is 173 Å². The van der Waals surface area contributed by atoms with E-state index in [1.54, 1.807) is 72.8 Å². The van der Waals surface area contributed by atoms with Gasteiger partial charge in [0.25, 0.3) is 0 Å². The number of hydrogen-bond acceptors (Lipinski definition) is 20. The molecule has 620 valence electrons. The molecular formula is C78H103Cl6N11O15S3. The van der Waals surface area contributed by atoms with E-state index in [0.29, 0.717) is 88.7 Å². The quantitative estimate of drug-likeness (QED) is 0.00809. The lowest BCUT2D eigenvalue weighted by molar-refractivity contribution is -0.122. The van der Waals surface area contributed by atoms with Gasteiger partial charge < -0.3 is 58.7 Å². The first-order chi connectivity index (χ1) is 54.0. The number of likely N-dealkylation sites (N-methyl/N-ethyl adjacent to an activating group) is 3. The third-order valence-corrected chi connectivity index (χ3v) is 26.2. The number of carbonyl (C=O) groups excluding carboxylic acids is 2. The number of hydroxylamine groups is 1. The summed E-state index contributed by atoms with van der Waals surface area (Å²) in [6.45, 7) is 6.51. The molecule has 3 heterocycles. The van der Waals surface area contributed by atoms with Crippen molar-refractivity contribution in [3.63, 3.8) is 0 Å². The molecule has 2 amide bonds. The molecule has 9 rings (SSSR count). The number of aliphatic imine (C=N–C) groups is 1. The van der Waals surface area contributed by atoms with Crippen LogP contribution < -0.4 is 30.3 Å². The fourth-order valence-corrected chi connectivity index (χ4v) is 19.2. The smallest absolute Gasteiger partial charge is 0.240 e. The molecule has 0 spiro atoms. The van der Waals surface area contributed by atoms with E-state index in [4.69, 9.17) is 98.0 Å². The number of amides is 2. The van der Waals surface area contributed by atoms with Gasteiger partial charge in [-0.25, -0.2) is 39.4 Å². The third-order valence-electron chi connectivity index (χ3n) is 20.1. The fraction of sp³-hybridized carbons (Fsp3) is 0.500. The molecule has 26 nitrogen and oxygen atoms in total. The summed E-state index contributed by atoms with van der Waals surface area (Å²) in [6, 6.07) is 31.4. The number of ether oxygens (including phenoxy) is 6. The van der Waals surface area contributed by atoms with Crippen molar-refractivity contribution in [2.24, 2.45) is 4.99 Å². The van der Waals surface area contributed by atoms with E-state index in [-0.39, 0.29) is 188 Å². The lowest BCUT2D eigenvalue weighted by Crippen LogP contribution is -2.47. The second kappa shape index (κ2) is 44.5. The normalized spacial score (nSPS) is 17.0. The van der Waals surface area contributed by atoms with Gasteiger partial charge in [-0.3, -0.25) is 25.3 Å². The molecule has 3 aliphatic heterocycles. The summed E-state index contributed by atoms with van der Waals surface area (Å²) in [4.78, 5) is 40.3. The Labute approximate surface area is 694 Å². The second-order valence-corrected chi connectivity index (χ2v) is 36.3. The predicted octanol–water partition coefficient (Wildman–Crippen LogP) is 9.92. The highest BCUT2D eigenvalue weighted by atomic mass is 35.5. The molecule has 0 fully saturated rings. The summed E-state index contributed by atoms with van der Waals surface area (Å²) in [5.74, 6) is -0.637. The van der Waals surface area contributed by atoms with E-state index in [1.165, 1.54) is 0 Å². The largest absolute Gasteiger partial charge is 0.378 e. The highest BCUT2D eigenvalue weighted by Gasteiger charge is 2.36. The Hall–Kier alpha value is -5.24. The zero-order chi connectivity index (χ0) is 81.3. The van der Waals surface area contributed by atoms with Crippen LogP contribution in [0.1, 0.15) is 106 Å². The number of nitrogens with zero attached hydrogens (tertiary/aromatic N) is 5. The molecule has 3 aliphatic rings. The third kappa shape index (κ3) is 27.4. The van der Waals surface area contributed by atoms with E-state index in [9.17, 15) is 40.0 Å². The first kappa shape index (κ1) is 91.7. The summed E-state index contributed by atoms with van der Waals surface area (Å²) in [6.07, 6.45) is 1.45. The number of fused-ring (bicyclic) bond motifs is 3. The number of amidine groups is 1. The van der Waals surface area contributed by atoms with Crippen molar-refractivity contribution in [3.05, 3.63) is 189 Å². The molecule has 7 N–H and O–H groups in total. The molecule has 0 bridgehead atoms. The topological polar surface area (TPSA) is 310 Å². The Morgan fingerprint density at radius 2 is 0.761 bits per heavy atom. The van der Waals surface area contributed by atoms with Crippen LogP contribution in [0.2, 0.25) is 30.1 Å². The van der Waals surface area contributed by atoms with Gasteiger partial charge in [-0.05, 0) is 177 Å². The number of rotatable bonds is 46. The van der Waals surface area contributed by atoms with Crippen molar-refractivity contribution in [1.82, 2.24) is 49.9 Å². The maximum absolute atomic E-state index is 13.5. The summed E-state index contributed by atoms with van der Waals surface area (Å²) in [7, 11) is -1.92. The van der Waals surface area contributed by atoms with Gasteiger partial charge in [0, 0.05) is 145 Å². The lowest BCUT2D eigenvalue weighted by atomic mass is 9.82. The minimum absolute atomic E-state index is 0.0245. The number of nitrogens with one attached hydrogen (secondary N) is 6. The van der Waals surface area contributed by atoms with Crippen LogP contribution in [0.5, 0.6) is 0 Å². The van der Waals surface area contributed by atoms with Crippen LogP contribution in [0.25, 0.3) is 0 Å². The van der Waals surface area contributed by atoms with Crippen LogP contribution in [0.15, 0.2) is 129 Å². The van der Waals surface area contributed by atoms with E-state index >= 15 is 0 Å². The first-order valence-corrected chi connectivity index (χ1v) is 44.2. The van der Waals surface area contributed by atoms with E-state index < -0.39 is 35.6 Å². The zero-order valence-corrected chi connectivity index (χ0v) is 71.2. The highest BCUT2D eigenvalue weighted by molar-refractivity contribution is 7.90. The number of hydrogen-bond donors (Lipinski definition) is 7. The predicted molar refractivity (Wildman–Crippen MR) is 441 cm³/mol. The molecule has 2 unspecified atom stereocenters. The van der Waals surface area contributed by atoms with E-state index in [2.05, 4.69) is 50.0 Å². The van der Waals surface area contributed by atoms with E-state index in [1.807, 2.05) is 76.5 Å². The van der Waals surface area contributed by atoms with Crippen LogP contribution in [0, 0.1) is 0 Å². The lowest BCUT2D eigenvalue weighted by Gasteiger charge is -2.40. The van der Waals surface area contributed by atoms with Gasteiger partial charge in [-0.1, -0.05) is 106 Å². The molecule has 113 heavy (non-hydrogen) atoms. The molecule has 4 atom stereocenters. The molecule has 6 aromatic rings. The average Bonchev–Trinajstić information content (AvgIpc) is 0.780. The maximum Gasteiger partial charge on any atom is 0.240 e. The Morgan fingerprint density at radius 3 is 1.08 bits per heavy atom. The fourth-order valence-electron chi connectivity index (χ4n) is 14.3. The van der Waals surface area contributed by atoms with Crippen LogP contribution in [0.3, 0.4) is 0 Å². The van der Waals surface area contributed by atoms with Crippen LogP contribution >= 0.6 is 69.6 Å². The summed E-state index contributed by atoms with van der Waals surface area (Å²) in [5.41, 5.74) is 9.74. The molecule has 6 aromatic carbocycles. The molecule has 0 aliphatic carbocycles. The standard InChI is InChI=1S/C78H103Cl6N11O15S3/c1-92(2)78(19-16-76(96)86-22-28-106-34-37-109-31-25-89-112(101,102)61-13-7-10-55(40-61)67-49-94(4)52-70-64(67)43-58(80)46-73(70)83,20-17-77(97)87-23-29-107-35-38-110-32-26-90-113(103,104)62-14-8-11-56(41-62)68-50-95(5)53-71-65(68)44-59(81)47-74(71)84)18-15-75(91-98)85-21-27-105-33-36-108-30-24-88-111(99,100)60-12-6-9-54(39-60)66-48-93(3)51-69-63(66)42-57(79)45-72(69)82/h6-14,39-47,66-68,88-90,98H,15-38,48-53H2,1-5H3,(H,85,91)(H,86,96)(H,87,97)/t66-,67-,68?,78?/m0/s1. The van der Waals surface area contributed by atoms with Crippen molar-refractivity contribution < 1.29 is 68.5 Å². The molecule has 0 saturated heterocycles. The Bertz CT molecular complexity index is 4380. The average molecular weight is 1740 g/mol. The van der Waals surface area contributed by atoms with Crippen molar-refractivity contribution in [3.8, 4) is 0 Å². The van der Waals surface area contributed by atoms with Crippen molar-refractivity contribution in [1.29, 1.82) is 0 Å². The minimum Gasteiger partial charge on any atom is -0.378 e. The number of carbonyl (C=O) groups is 2. The highest BCUT2D eigenvalue weighted by Crippen LogP contribution is 2.43. The summed E-state index contributed by atoms with van der Waals surface area (Å²) >= 11 is 38.9. The molecule has 35 heteroatoms. The van der Waals surface area contributed by atoms with Gasteiger partial charge in [0.1, 0.15) is 5.84 Å². The van der Waals surface area contributed by atoms with Gasteiger partial charge in [0.15, 0.2) is 0 Å². The summed E-state index contributed by atoms with van der Waals surface area (Å²) in [5, 5.41) is 19.3. The van der Waals surface area contributed by atoms with Crippen molar-refractivity contribution >= 4 is 117 Å². The molecular weight excluding hydrogens is 1640 g/mol. The van der Waals surface area contributed by atoms with Gasteiger partial charge >= 0.3 is 0 Å². The number of halogens is 6. The first-order valence-electron chi connectivity index (χ1n) is 37.4. The molecule has 0 aromatic heterocycles. The molecule has 0 saturated carbocycles. The van der Waals surface area contributed by atoms with Crippen LogP contribution in [0.4, 0.5) is 0 Å². The van der Waals surface area contributed by atoms with Crippen molar-refractivity contribution in [2.45, 2.75) is 96.1 Å². The van der Waals surface area contributed by atoms with E-state index in [0.717, 1.165) is 50.1 Å². The monoisotopic (exact) mass is 1740 g/mol. The van der Waals surface area contributed by atoms with Crippen LogP contribution in [-0.2, 0) is 87.7 Å². The Morgan fingerprint density at radius 1 is 0.451 bits per heavy atom. The van der Waals surface area contributed by atoms with Gasteiger partial charge in [0.2, 0.25) is 41.9 Å². The zero-order valence-electron chi connectivity index (χ0n) is 64.2. The van der Waals surface area contributed by atoms with Gasteiger partial charge in [-0.2, -0.15) is 0 Å². The summed E-state index contributed by atoms with van der Waals surface area (Å²) < 4.78 is 123. The Kier molecular flexibility index (Phi) is 36.1. The number of sulfonamides is 3.